The third-order valence-corrected chi connectivity index (χ3v) is 11.7. The number of likely N-dealkylation sites (N-methyl/N-ethyl adjacent to an activating group) is 2. The van der Waals surface area contributed by atoms with Gasteiger partial charge in [0.1, 0.15) is 6.04 Å². The lowest BCUT2D eigenvalue weighted by Gasteiger charge is -2.41. The molecule has 0 bridgehead atoms. The molecule has 1 aromatic rings. The summed E-state index contributed by atoms with van der Waals surface area (Å²) in [5.41, 5.74) is 6.07. The molecule has 14 nitrogen and oxygen atoms in total. The van der Waals surface area contributed by atoms with E-state index >= 15 is 0 Å². The number of ether oxygens (including phenoxy) is 2. The van der Waals surface area contributed by atoms with Crippen molar-refractivity contribution in [2.24, 2.45) is 23.7 Å². The van der Waals surface area contributed by atoms with Crippen LogP contribution in [0.2, 0.25) is 0 Å². The van der Waals surface area contributed by atoms with E-state index in [0.29, 0.717) is 31.5 Å². The minimum Gasteiger partial charge on any atom is -0.399 e. The average Bonchev–Trinajstić information content (AvgIpc) is 3.55. The maximum atomic E-state index is 14.2. The molecular weight excluding hydrogens is 689 g/mol. The van der Waals surface area contributed by atoms with Crippen LogP contribution in [-0.4, -0.2) is 125 Å². The molecule has 0 aliphatic carbocycles. The van der Waals surface area contributed by atoms with Crippen LogP contribution >= 0.6 is 0 Å². The highest BCUT2D eigenvalue weighted by molar-refractivity contribution is 7.90. The Morgan fingerprint density at radius 2 is 1.54 bits per heavy atom. The fourth-order valence-electron chi connectivity index (χ4n) is 7.34. The summed E-state index contributed by atoms with van der Waals surface area (Å²) in [4.78, 5) is 60.0. The average molecular weight is 753 g/mol. The van der Waals surface area contributed by atoms with E-state index in [4.69, 9.17) is 15.2 Å². The van der Waals surface area contributed by atoms with E-state index < -0.39 is 58.2 Å². The van der Waals surface area contributed by atoms with Gasteiger partial charge in [0.15, 0.2) is 0 Å². The predicted octanol–water partition coefficient (Wildman–Crippen LogP) is 2.72. The van der Waals surface area contributed by atoms with Crippen LogP contribution in [0.15, 0.2) is 29.2 Å². The quantitative estimate of drug-likeness (QED) is 0.178. The summed E-state index contributed by atoms with van der Waals surface area (Å²) in [5, 5.41) is 3.01. The first kappa shape index (κ1) is 44.9. The number of nitrogen functional groups attached to an aromatic ring is 1. The van der Waals surface area contributed by atoms with Crippen molar-refractivity contribution in [1.82, 2.24) is 24.7 Å². The summed E-state index contributed by atoms with van der Waals surface area (Å²) >= 11 is 0. The number of rotatable bonds is 19. The lowest BCUT2D eigenvalue weighted by Crippen LogP contribution is -2.59. The second kappa shape index (κ2) is 19.7. The highest BCUT2D eigenvalue weighted by Gasteiger charge is 2.43. The summed E-state index contributed by atoms with van der Waals surface area (Å²) in [5.74, 6) is -2.64. The predicted molar refractivity (Wildman–Crippen MR) is 201 cm³/mol. The summed E-state index contributed by atoms with van der Waals surface area (Å²) in [6.45, 7) is 13.7. The molecule has 0 saturated carbocycles. The number of sulfonamides is 1. The minimum absolute atomic E-state index is 0.0273. The van der Waals surface area contributed by atoms with Crippen LogP contribution in [0.1, 0.15) is 74.1 Å². The van der Waals surface area contributed by atoms with Crippen molar-refractivity contribution in [3.8, 4) is 0 Å². The normalized spacial score (nSPS) is 19.1. The second-order valence-corrected chi connectivity index (χ2v) is 16.7. The Labute approximate surface area is 311 Å². The van der Waals surface area contributed by atoms with E-state index in [1.807, 2.05) is 60.5 Å². The fourth-order valence-corrected chi connectivity index (χ4v) is 8.41. The number of carbonyl (C=O) groups is 4. The highest BCUT2D eigenvalue weighted by Crippen LogP contribution is 2.30. The number of carbonyl (C=O) groups excluding carboxylic acids is 4. The Bertz CT molecular complexity index is 1450. The number of nitrogens with two attached hydrogens (primary N) is 1. The van der Waals surface area contributed by atoms with Crippen molar-refractivity contribution >= 4 is 39.3 Å². The van der Waals surface area contributed by atoms with Crippen LogP contribution in [0.25, 0.3) is 0 Å². The zero-order valence-corrected chi connectivity index (χ0v) is 34.0. The zero-order chi connectivity index (χ0) is 39.7. The molecule has 1 aliphatic rings. The van der Waals surface area contributed by atoms with E-state index in [-0.39, 0.29) is 46.8 Å². The number of nitrogens with one attached hydrogen (secondary N) is 2. The molecular formula is C37H64N6O8S. The molecule has 0 radical (unpaired) electrons. The molecule has 1 heterocycles. The van der Waals surface area contributed by atoms with E-state index in [0.717, 1.165) is 0 Å². The van der Waals surface area contributed by atoms with Gasteiger partial charge in [-0.15, -0.1) is 0 Å². The molecule has 1 saturated heterocycles. The number of benzene rings is 1. The van der Waals surface area contributed by atoms with Gasteiger partial charge in [0.05, 0.1) is 47.6 Å². The Balaban J connectivity index is 2.29. The smallest absolute Gasteiger partial charge is 0.264 e. The third-order valence-electron chi connectivity index (χ3n) is 10.4. The zero-order valence-electron chi connectivity index (χ0n) is 33.2. The molecule has 4 amide bonds. The number of nitrogens with zero attached hydrogens (tertiary/aromatic N) is 3. The topological polar surface area (TPSA) is 181 Å². The number of amides is 4. The first-order valence-electron chi connectivity index (χ1n) is 18.2. The SMILES string of the molecule is CC[C@H](C)C([C@@H](CC(=O)N1CCC[C@H]1[C@H](OC)[C@@H](C)C(=O)NS(=O)(=O)c1ccc(N)cc1)OC)N(C)C(=O)[C@@H](NC(=O)[C@H](C(C)C)N(C)C)C(C)C. The van der Waals surface area contributed by atoms with Crippen LogP contribution in [0.4, 0.5) is 5.69 Å². The number of methoxy groups -OCH3 is 2. The van der Waals surface area contributed by atoms with Gasteiger partial charge in [-0.05, 0) is 69.0 Å². The lowest BCUT2D eigenvalue weighted by molar-refractivity contribution is -0.148. The van der Waals surface area contributed by atoms with E-state index in [1.54, 1.807) is 23.8 Å². The monoisotopic (exact) mass is 752 g/mol. The molecule has 0 spiro atoms. The van der Waals surface area contributed by atoms with Crippen molar-refractivity contribution < 1.29 is 37.1 Å². The summed E-state index contributed by atoms with van der Waals surface area (Å²) < 4.78 is 39.8. The Kier molecular flexibility index (Phi) is 17.0. The van der Waals surface area contributed by atoms with Gasteiger partial charge in [-0.1, -0.05) is 54.9 Å². The van der Waals surface area contributed by atoms with Gasteiger partial charge in [-0.2, -0.15) is 0 Å². The van der Waals surface area contributed by atoms with Crippen LogP contribution in [-0.2, 0) is 38.7 Å². The maximum Gasteiger partial charge on any atom is 0.264 e. The Hall–Kier alpha value is -3.27. The van der Waals surface area contributed by atoms with Crippen molar-refractivity contribution in [1.29, 1.82) is 0 Å². The van der Waals surface area contributed by atoms with E-state index in [9.17, 15) is 27.6 Å². The molecule has 0 aromatic heterocycles. The number of hydrogen-bond donors (Lipinski definition) is 3. The van der Waals surface area contributed by atoms with Crippen LogP contribution in [0.3, 0.4) is 0 Å². The van der Waals surface area contributed by atoms with Gasteiger partial charge in [-0.25, -0.2) is 13.1 Å². The van der Waals surface area contributed by atoms with Gasteiger partial charge in [0.2, 0.25) is 23.6 Å². The van der Waals surface area contributed by atoms with Gasteiger partial charge in [0.25, 0.3) is 10.0 Å². The van der Waals surface area contributed by atoms with Gasteiger partial charge >= 0.3 is 0 Å². The van der Waals surface area contributed by atoms with E-state index in [2.05, 4.69) is 10.0 Å². The van der Waals surface area contributed by atoms with Crippen LogP contribution in [0, 0.1) is 23.7 Å². The van der Waals surface area contributed by atoms with Crippen molar-refractivity contribution in [2.75, 3.05) is 47.6 Å². The second-order valence-electron chi connectivity index (χ2n) is 15.0. The number of likely N-dealkylation sites (tertiary alicyclic amines) is 1. The minimum atomic E-state index is -4.17. The molecule has 296 valence electrons. The molecule has 1 aromatic carbocycles. The van der Waals surface area contributed by atoms with Crippen LogP contribution in [0.5, 0.6) is 0 Å². The van der Waals surface area contributed by atoms with Crippen molar-refractivity contribution in [2.45, 2.75) is 115 Å². The molecule has 52 heavy (non-hydrogen) atoms. The highest BCUT2D eigenvalue weighted by atomic mass is 32.2. The summed E-state index contributed by atoms with van der Waals surface area (Å²) in [6, 6.07) is 3.30. The van der Waals surface area contributed by atoms with Gasteiger partial charge in [-0.3, -0.25) is 24.1 Å². The lowest BCUT2D eigenvalue weighted by atomic mass is 9.89. The summed E-state index contributed by atoms with van der Waals surface area (Å²) in [6.07, 6.45) is 0.400. The first-order valence-corrected chi connectivity index (χ1v) is 19.7. The standard InChI is InChI=1S/C37H64N6O8S/c1-13-24(6)33(42(10)37(47)31(22(2)3)39-36(46)32(23(4)5)41(8)9)29(50-11)21-30(44)43-20-14-15-28(43)34(51-12)25(7)35(45)40-52(48,49)27-18-16-26(38)17-19-27/h16-19,22-25,28-29,31-34H,13-15,20-21,38H2,1-12H3,(H,39,46)(H,40,45)/t24-,25+,28-,29+,31-,32-,33?,34+/m0/s1. The Morgan fingerprint density at radius 3 is 2.02 bits per heavy atom. The van der Waals surface area contributed by atoms with Crippen LogP contribution < -0.4 is 15.8 Å². The fraction of sp³-hybridized carbons (Fsp3) is 0.730. The maximum absolute atomic E-state index is 14.2. The van der Waals surface area contributed by atoms with Crippen molar-refractivity contribution in [3.05, 3.63) is 24.3 Å². The molecule has 1 aliphatic heterocycles. The Morgan fingerprint density at radius 1 is 0.942 bits per heavy atom. The molecule has 1 unspecified atom stereocenters. The summed E-state index contributed by atoms with van der Waals surface area (Å²) in [7, 11) is 4.16. The molecule has 8 atom stereocenters. The van der Waals surface area contributed by atoms with Gasteiger partial charge in [0, 0.05) is 33.5 Å². The largest absolute Gasteiger partial charge is 0.399 e. The number of hydrogen-bond acceptors (Lipinski definition) is 10. The molecule has 15 heteroatoms. The molecule has 4 N–H and O–H groups in total. The van der Waals surface area contributed by atoms with Crippen molar-refractivity contribution in [3.63, 3.8) is 0 Å². The molecule has 1 fully saturated rings. The first-order chi connectivity index (χ1) is 24.2. The third kappa shape index (κ3) is 11.1. The molecule has 2 rings (SSSR count). The van der Waals surface area contributed by atoms with E-state index in [1.165, 1.54) is 38.5 Å². The number of anilines is 1. The van der Waals surface area contributed by atoms with Gasteiger partial charge < -0.3 is 30.3 Å².